The van der Waals surface area contributed by atoms with E-state index in [1.54, 1.807) is 0 Å². The van der Waals surface area contributed by atoms with Gasteiger partial charge in [0.15, 0.2) is 0 Å². The Hall–Kier alpha value is -1.39. The van der Waals surface area contributed by atoms with Gasteiger partial charge in [0.1, 0.15) is 11.4 Å². The summed E-state index contributed by atoms with van der Waals surface area (Å²) in [5.41, 5.74) is -0.513. The molecule has 0 radical (unpaired) electrons. The number of aromatic nitrogens is 3. The molecule has 0 aliphatic heterocycles. The van der Waals surface area contributed by atoms with E-state index in [1.165, 1.54) is 0 Å². The molecule has 0 fully saturated rings. The van der Waals surface area contributed by atoms with E-state index >= 15 is 0 Å². The molecule has 90 valence electrons. The molecule has 1 N–H and O–H groups in total. The molecule has 1 aromatic heterocycles. The Morgan fingerprint density at radius 1 is 1.44 bits per heavy atom. The van der Waals surface area contributed by atoms with Crippen LogP contribution in [0.15, 0.2) is 0 Å². The van der Waals surface area contributed by atoms with E-state index in [4.69, 9.17) is 4.74 Å². The maximum absolute atomic E-state index is 11.6. The molecule has 0 aliphatic carbocycles. The van der Waals surface area contributed by atoms with Crippen LogP contribution in [0.3, 0.4) is 0 Å². The minimum Gasteiger partial charge on any atom is -0.454 e. The number of nitrogens with one attached hydrogen (secondary N) is 1. The van der Waals surface area contributed by atoms with Crippen molar-refractivity contribution in [1.82, 2.24) is 15.2 Å². The van der Waals surface area contributed by atoms with Crippen LogP contribution in [0, 0.1) is 0 Å². The highest BCUT2D eigenvalue weighted by atomic mass is 16.6. The summed E-state index contributed by atoms with van der Waals surface area (Å²) in [6.45, 7) is 7.55. The third-order valence-corrected chi connectivity index (χ3v) is 1.88. The summed E-state index contributed by atoms with van der Waals surface area (Å²) in [5, 5.41) is 6.59. The van der Waals surface area contributed by atoms with Crippen LogP contribution in [0.2, 0.25) is 0 Å². The normalized spacial score (nSPS) is 11.5. The van der Waals surface area contributed by atoms with Crippen LogP contribution in [0.25, 0.3) is 0 Å². The van der Waals surface area contributed by atoms with E-state index in [9.17, 15) is 4.79 Å². The van der Waals surface area contributed by atoms with Crippen LogP contribution in [-0.2, 0) is 11.2 Å². The summed E-state index contributed by atoms with van der Waals surface area (Å²) in [6, 6.07) is 0. The molecule has 5 nitrogen and oxygen atoms in total. The average Bonchev–Trinajstić information content (AvgIpc) is 2.60. The first-order chi connectivity index (χ1) is 7.42. The number of nitrogens with zero attached hydrogens (tertiary/aromatic N) is 2. The first-order valence-electron chi connectivity index (χ1n) is 5.57. The Morgan fingerprint density at radius 3 is 2.69 bits per heavy atom. The van der Waals surface area contributed by atoms with Crippen LogP contribution in [0.1, 0.15) is 57.0 Å². The summed E-state index contributed by atoms with van der Waals surface area (Å²) in [6.07, 6.45) is 2.93. The van der Waals surface area contributed by atoms with Gasteiger partial charge in [-0.2, -0.15) is 0 Å². The van der Waals surface area contributed by atoms with Crippen LogP contribution in [0.5, 0.6) is 0 Å². The summed E-state index contributed by atoms with van der Waals surface area (Å²) >= 11 is 0. The zero-order valence-electron chi connectivity index (χ0n) is 10.3. The van der Waals surface area contributed by atoms with Crippen molar-refractivity contribution in [2.75, 3.05) is 0 Å². The SMILES string of the molecule is CCCCc1nc(C(=O)OC(C)(C)C)n[nH]1. The Balaban J connectivity index is 2.60. The molecule has 5 heteroatoms. The Bertz CT molecular complexity index is 352. The molecular formula is C11H19N3O2. The third-order valence-electron chi connectivity index (χ3n) is 1.88. The van der Waals surface area contributed by atoms with Crippen molar-refractivity contribution in [3.63, 3.8) is 0 Å². The second-order valence-corrected chi connectivity index (χ2v) is 4.71. The van der Waals surface area contributed by atoms with Gasteiger partial charge >= 0.3 is 5.97 Å². The molecule has 0 atom stereocenters. The minimum absolute atomic E-state index is 0.112. The lowest BCUT2D eigenvalue weighted by molar-refractivity contribution is 0.00560. The Morgan fingerprint density at radius 2 is 2.12 bits per heavy atom. The fraction of sp³-hybridized carbons (Fsp3) is 0.727. The molecule has 1 aromatic rings. The summed E-state index contributed by atoms with van der Waals surface area (Å²) < 4.78 is 5.16. The summed E-state index contributed by atoms with van der Waals surface area (Å²) in [4.78, 5) is 15.7. The highest BCUT2D eigenvalue weighted by Gasteiger charge is 2.21. The quantitative estimate of drug-likeness (QED) is 0.797. The number of H-pyrrole nitrogens is 1. The average molecular weight is 225 g/mol. The molecule has 0 bridgehead atoms. The standard InChI is InChI=1S/C11H19N3O2/c1-5-6-7-8-12-9(14-13-8)10(15)16-11(2,3)4/h5-7H2,1-4H3,(H,12,13,14). The molecular weight excluding hydrogens is 206 g/mol. The highest BCUT2D eigenvalue weighted by Crippen LogP contribution is 2.10. The van der Waals surface area contributed by atoms with Gasteiger partial charge in [0.2, 0.25) is 0 Å². The zero-order chi connectivity index (χ0) is 12.2. The largest absolute Gasteiger partial charge is 0.454 e. The second-order valence-electron chi connectivity index (χ2n) is 4.71. The van der Waals surface area contributed by atoms with E-state index in [2.05, 4.69) is 22.1 Å². The van der Waals surface area contributed by atoms with Gasteiger partial charge in [-0.15, -0.1) is 5.10 Å². The lowest BCUT2D eigenvalue weighted by Gasteiger charge is -2.17. The van der Waals surface area contributed by atoms with Crippen LogP contribution in [-0.4, -0.2) is 26.8 Å². The van der Waals surface area contributed by atoms with Crippen LogP contribution >= 0.6 is 0 Å². The van der Waals surface area contributed by atoms with Gasteiger partial charge in [-0.25, -0.2) is 9.78 Å². The van der Waals surface area contributed by atoms with Crippen molar-refractivity contribution in [2.24, 2.45) is 0 Å². The van der Waals surface area contributed by atoms with E-state index in [-0.39, 0.29) is 5.82 Å². The van der Waals surface area contributed by atoms with E-state index in [0.717, 1.165) is 25.1 Å². The fourth-order valence-corrected chi connectivity index (χ4v) is 1.17. The van der Waals surface area contributed by atoms with Crippen molar-refractivity contribution in [1.29, 1.82) is 0 Å². The minimum atomic E-state index is -0.513. The second kappa shape index (κ2) is 5.09. The number of aromatic amines is 1. The number of unbranched alkanes of at least 4 members (excludes halogenated alkanes) is 1. The maximum Gasteiger partial charge on any atom is 0.378 e. The Kier molecular flexibility index (Phi) is 4.04. The number of rotatable bonds is 4. The molecule has 0 unspecified atom stereocenters. The van der Waals surface area contributed by atoms with Gasteiger partial charge in [-0.05, 0) is 27.2 Å². The lowest BCUT2D eigenvalue weighted by atomic mass is 10.2. The monoisotopic (exact) mass is 225 g/mol. The lowest BCUT2D eigenvalue weighted by Crippen LogP contribution is -2.24. The molecule has 1 heterocycles. The predicted molar refractivity (Wildman–Crippen MR) is 60.2 cm³/mol. The molecule has 0 aliphatic rings. The van der Waals surface area contributed by atoms with Gasteiger partial charge in [0.05, 0.1) is 0 Å². The van der Waals surface area contributed by atoms with Crippen molar-refractivity contribution >= 4 is 5.97 Å². The van der Waals surface area contributed by atoms with Crippen molar-refractivity contribution < 1.29 is 9.53 Å². The first-order valence-corrected chi connectivity index (χ1v) is 5.57. The van der Waals surface area contributed by atoms with Crippen molar-refractivity contribution in [3.05, 3.63) is 11.6 Å². The van der Waals surface area contributed by atoms with Crippen molar-refractivity contribution in [2.45, 2.75) is 52.6 Å². The fourth-order valence-electron chi connectivity index (χ4n) is 1.17. The number of hydrogen-bond acceptors (Lipinski definition) is 4. The topological polar surface area (TPSA) is 67.9 Å². The molecule has 0 saturated carbocycles. The number of hydrogen-bond donors (Lipinski definition) is 1. The van der Waals surface area contributed by atoms with Gasteiger partial charge in [0, 0.05) is 6.42 Å². The summed E-state index contributed by atoms with van der Waals surface area (Å²) in [7, 11) is 0. The third kappa shape index (κ3) is 4.00. The van der Waals surface area contributed by atoms with Crippen molar-refractivity contribution in [3.8, 4) is 0 Å². The molecule has 16 heavy (non-hydrogen) atoms. The maximum atomic E-state index is 11.6. The van der Waals surface area contributed by atoms with Gasteiger partial charge in [0.25, 0.3) is 5.82 Å². The van der Waals surface area contributed by atoms with E-state index < -0.39 is 11.6 Å². The zero-order valence-corrected chi connectivity index (χ0v) is 10.3. The van der Waals surface area contributed by atoms with Gasteiger partial charge < -0.3 is 4.74 Å². The van der Waals surface area contributed by atoms with Crippen LogP contribution in [0.4, 0.5) is 0 Å². The number of ether oxygens (including phenoxy) is 1. The first kappa shape index (κ1) is 12.7. The number of carbonyl (C=O) groups is 1. The molecule has 0 spiro atoms. The molecule has 1 rings (SSSR count). The number of aryl methyl sites for hydroxylation is 1. The van der Waals surface area contributed by atoms with Gasteiger partial charge in [-0.1, -0.05) is 13.3 Å². The summed E-state index contributed by atoms with van der Waals surface area (Å²) in [5.74, 6) is 0.371. The highest BCUT2D eigenvalue weighted by molar-refractivity contribution is 5.85. The van der Waals surface area contributed by atoms with Crippen LogP contribution < -0.4 is 0 Å². The van der Waals surface area contributed by atoms with E-state index in [1.807, 2.05) is 20.8 Å². The predicted octanol–water partition coefficient (Wildman–Crippen LogP) is 2.10. The Labute approximate surface area is 95.6 Å². The molecule has 0 amide bonds. The molecule has 0 aromatic carbocycles. The van der Waals surface area contributed by atoms with E-state index in [0.29, 0.717) is 0 Å². The molecule has 0 saturated heterocycles. The number of carbonyl (C=O) groups excluding carboxylic acids is 1. The smallest absolute Gasteiger partial charge is 0.378 e. The number of esters is 1. The van der Waals surface area contributed by atoms with Gasteiger partial charge in [-0.3, -0.25) is 5.10 Å².